The number of hydrogen-bond donors (Lipinski definition) is 1. The van der Waals surface area contributed by atoms with Gasteiger partial charge in [0.25, 0.3) is 0 Å². The first kappa shape index (κ1) is 19.4. The molecule has 7 nitrogen and oxygen atoms in total. The van der Waals surface area contributed by atoms with Crippen LogP contribution >= 0.6 is 0 Å². The first-order valence-corrected chi connectivity index (χ1v) is 10.4. The third-order valence-electron chi connectivity index (χ3n) is 5.20. The molecule has 0 amide bonds. The number of nitrogens with two attached hydrogens (primary N) is 1. The molecule has 2 aromatic heterocycles. The van der Waals surface area contributed by atoms with Crippen LogP contribution in [0.3, 0.4) is 0 Å². The molecule has 1 aliphatic rings. The summed E-state index contributed by atoms with van der Waals surface area (Å²) >= 11 is 0. The van der Waals surface area contributed by atoms with Crippen LogP contribution in [0.1, 0.15) is 18.3 Å². The molecule has 2 aromatic carbocycles. The van der Waals surface area contributed by atoms with E-state index in [0.717, 1.165) is 45.5 Å². The summed E-state index contributed by atoms with van der Waals surface area (Å²) in [6.45, 7) is 3.57. The van der Waals surface area contributed by atoms with Crippen molar-refractivity contribution >= 4 is 5.65 Å². The Morgan fingerprint density at radius 1 is 1.03 bits per heavy atom. The monoisotopic (exact) mass is 416 g/mol. The van der Waals surface area contributed by atoms with Gasteiger partial charge < -0.3 is 19.9 Å². The van der Waals surface area contributed by atoms with Gasteiger partial charge in [-0.05, 0) is 55.0 Å². The molecule has 31 heavy (non-hydrogen) atoms. The van der Waals surface area contributed by atoms with E-state index in [-0.39, 0.29) is 6.10 Å². The van der Waals surface area contributed by atoms with Crippen molar-refractivity contribution in [1.29, 1.82) is 0 Å². The first-order valence-electron chi connectivity index (χ1n) is 10.4. The van der Waals surface area contributed by atoms with Gasteiger partial charge in [0.05, 0.1) is 5.69 Å². The Bertz CT molecular complexity index is 1200. The van der Waals surface area contributed by atoms with Gasteiger partial charge in [0.1, 0.15) is 25.1 Å². The van der Waals surface area contributed by atoms with Crippen LogP contribution in [0.2, 0.25) is 0 Å². The van der Waals surface area contributed by atoms with Gasteiger partial charge in [0.15, 0.2) is 23.0 Å². The van der Waals surface area contributed by atoms with E-state index < -0.39 is 0 Å². The zero-order valence-electron chi connectivity index (χ0n) is 17.3. The third kappa shape index (κ3) is 4.04. The Hall–Kier alpha value is -3.58. The normalized spacial score (nSPS) is 13.9. The third-order valence-corrected chi connectivity index (χ3v) is 5.20. The Labute approximate surface area is 180 Å². The summed E-state index contributed by atoms with van der Waals surface area (Å²) in [5, 5.41) is 4.77. The number of benzene rings is 2. The molecule has 4 aromatic rings. The minimum Gasteiger partial charge on any atom is -0.489 e. The van der Waals surface area contributed by atoms with Crippen molar-refractivity contribution in [3.63, 3.8) is 0 Å². The number of aromatic nitrogens is 3. The first-order chi connectivity index (χ1) is 15.2. The number of nitrogens with zero attached hydrogens (tertiary/aromatic N) is 3. The molecule has 7 heteroatoms. The highest BCUT2D eigenvalue weighted by Crippen LogP contribution is 2.34. The fourth-order valence-electron chi connectivity index (χ4n) is 3.59. The van der Waals surface area contributed by atoms with Crippen LogP contribution in [0.25, 0.3) is 16.9 Å². The zero-order chi connectivity index (χ0) is 21.2. The average molecular weight is 416 g/mol. The Kier molecular flexibility index (Phi) is 5.18. The highest BCUT2D eigenvalue weighted by Gasteiger charge is 2.15. The van der Waals surface area contributed by atoms with Crippen LogP contribution in [-0.2, 0) is 6.42 Å². The average Bonchev–Trinajstić information content (AvgIpc) is 3.22. The molecule has 0 bridgehead atoms. The molecule has 0 radical (unpaired) electrons. The second-order valence-corrected chi connectivity index (χ2v) is 7.55. The van der Waals surface area contributed by atoms with Crippen molar-refractivity contribution < 1.29 is 14.2 Å². The minimum atomic E-state index is -0.00932. The lowest BCUT2D eigenvalue weighted by molar-refractivity contribution is 0.171. The van der Waals surface area contributed by atoms with Crippen molar-refractivity contribution in [3.8, 4) is 28.5 Å². The van der Waals surface area contributed by atoms with Gasteiger partial charge in [-0.15, -0.1) is 0 Å². The highest BCUT2D eigenvalue weighted by molar-refractivity contribution is 5.66. The Morgan fingerprint density at radius 3 is 2.65 bits per heavy atom. The van der Waals surface area contributed by atoms with Crippen LogP contribution in [0, 0.1) is 0 Å². The highest BCUT2D eigenvalue weighted by atomic mass is 16.6. The molecule has 0 unspecified atom stereocenters. The number of fused-ring (bicyclic) bond motifs is 2. The Morgan fingerprint density at radius 2 is 1.84 bits per heavy atom. The number of rotatable bonds is 6. The molecule has 0 spiro atoms. The predicted molar refractivity (Wildman–Crippen MR) is 118 cm³/mol. The molecule has 0 saturated carbocycles. The lowest BCUT2D eigenvalue weighted by atomic mass is 10.1. The van der Waals surface area contributed by atoms with E-state index in [1.54, 1.807) is 0 Å². The molecule has 0 fully saturated rings. The van der Waals surface area contributed by atoms with Crippen LogP contribution in [0.5, 0.6) is 17.2 Å². The van der Waals surface area contributed by atoms with E-state index in [0.29, 0.717) is 26.2 Å². The van der Waals surface area contributed by atoms with Crippen molar-refractivity contribution in [2.75, 3.05) is 19.8 Å². The molecule has 5 rings (SSSR count). The SMILES string of the molecule is C[C@@H](CN)Oc1ccc(Cc2nc3cccc(-c4ccc5c(c4)OCCO5)n3n2)cc1. The Balaban J connectivity index is 1.41. The second-order valence-electron chi connectivity index (χ2n) is 7.55. The van der Waals surface area contributed by atoms with Gasteiger partial charge >= 0.3 is 0 Å². The molecular weight excluding hydrogens is 392 g/mol. The van der Waals surface area contributed by atoms with Gasteiger partial charge in [-0.2, -0.15) is 5.10 Å². The molecule has 1 aliphatic heterocycles. The second kappa shape index (κ2) is 8.28. The molecule has 158 valence electrons. The van der Waals surface area contributed by atoms with E-state index in [1.165, 1.54) is 0 Å². The van der Waals surface area contributed by atoms with Crippen LogP contribution in [-0.4, -0.2) is 40.5 Å². The van der Waals surface area contributed by atoms with Crippen molar-refractivity contribution in [3.05, 3.63) is 72.1 Å². The molecule has 2 N–H and O–H groups in total. The van der Waals surface area contributed by atoms with E-state index >= 15 is 0 Å². The summed E-state index contributed by atoms with van der Waals surface area (Å²) in [5.41, 5.74) is 9.49. The number of hydrogen-bond acceptors (Lipinski definition) is 6. The zero-order valence-corrected chi connectivity index (χ0v) is 17.3. The van der Waals surface area contributed by atoms with Gasteiger partial charge in [0, 0.05) is 18.5 Å². The van der Waals surface area contributed by atoms with Gasteiger partial charge in [-0.3, -0.25) is 0 Å². The molecule has 1 atom stereocenters. The quantitative estimate of drug-likeness (QED) is 0.518. The summed E-state index contributed by atoms with van der Waals surface area (Å²) in [7, 11) is 0. The fourth-order valence-corrected chi connectivity index (χ4v) is 3.59. The van der Waals surface area contributed by atoms with E-state index in [2.05, 4.69) is 0 Å². The number of pyridine rings is 1. The molecular formula is C24H24N4O3. The largest absolute Gasteiger partial charge is 0.489 e. The predicted octanol–water partition coefficient (Wildman–Crippen LogP) is 3.48. The summed E-state index contributed by atoms with van der Waals surface area (Å²) in [4.78, 5) is 4.71. The van der Waals surface area contributed by atoms with E-state index in [4.69, 9.17) is 30.0 Å². The maximum absolute atomic E-state index is 5.74. The smallest absolute Gasteiger partial charge is 0.162 e. The summed E-state index contributed by atoms with van der Waals surface area (Å²) in [6, 6.07) is 19.9. The lowest BCUT2D eigenvalue weighted by Gasteiger charge is -2.19. The van der Waals surface area contributed by atoms with E-state index in [9.17, 15) is 0 Å². The topological polar surface area (TPSA) is 83.9 Å². The van der Waals surface area contributed by atoms with Crippen LogP contribution in [0.4, 0.5) is 0 Å². The molecule has 3 heterocycles. The maximum atomic E-state index is 5.74. The molecule has 0 aliphatic carbocycles. The minimum absolute atomic E-state index is 0.00932. The van der Waals surface area contributed by atoms with Gasteiger partial charge in [-0.25, -0.2) is 9.50 Å². The van der Waals surface area contributed by atoms with Gasteiger partial charge in [-0.1, -0.05) is 18.2 Å². The summed E-state index contributed by atoms with van der Waals surface area (Å²) in [6.07, 6.45) is 0.625. The van der Waals surface area contributed by atoms with Crippen molar-refractivity contribution in [1.82, 2.24) is 14.6 Å². The van der Waals surface area contributed by atoms with Gasteiger partial charge in [0.2, 0.25) is 0 Å². The maximum Gasteiger partial charge on any atom is 0.162 e. The summed E-state index contributed by atoms with van der Waals surface area (Å²) < 4.78 is 19.0. The number of ether oxygens (including phenoxy) is 3. The van der Waals surface area contributed by atoms with E-state index in [1.807, 2.05) is 72.1 Å². The lowest BCUT2D eigenvalue weighted by Crippen LogP contribution is -2.22. The van der Waals surface area contributed by atoms with Crippen molar-refractivity contribution in [2.45, 2.75) is 19.4 Å². The molecule has 0 saturated heterocycles. The fraction of sp³-hybridized carbons (Fsp3) is 0.250. The van der Waals surface area contributed by atoms with Crippen LogP contribution in [0.15, 0.2) is 60.7 Å². The standard InChI is InChI=1S/C24H24N4O3/c1-16(15-25)31-19-8-5-17(6-9-19)13-23-26-24-4-2-3-20(28(24)27-23)18-7-10-21-22(14-18)30-12-11-29-21/h2-10,14,16H,11-13,15,25H2,1H3/t16-/m0/s1. The van der Waals surface area contributed by atoms with Crippen LogP contribution < -0.4 is 19.9 Å². The summed E-state index contributed by atoms with van der Waals surface area (Å²) in [5.74, 6) is 3.10. The van der Waals surface area contributed by atoms with Crippen molar-refractivity contribution in [2.24, 2.45) is 5.73 Å².